The van der Waals surface area contributed by atoms with Crippen LogP contribution in [0, 0.1) is 20.7 Å². The lowest BCUT2D eigenvalue weighted by Crippen LogP contribution is -2.34. The predicted molar refractivity (Wildman–Crippen MR) is 47.9 cm³/mol. The summed E-state index contributed by atoms with van der Waals surface area (Å²) in [6.45, 7) is 1.59. The van der Waals surface area contributed by atoms with E-state index in [1.165, 1.54) is 12.3 Å². The molecule has 0 unspecified atom stereocenters. The van der Waals surface area contributed by atoms with Crippen molar-refractivity contribution in [1.82, 2.24) is 0 Å². The molecule has 0 aliphatic carbocycles. The minimum atomic E-state index is -0.475. The van der Waals surface area contributed by atoms with Crippen LogP contribution in [0.25, 0.3) is 0 Å². The van der Waals surface area contributed by atoms with Gasteiger partial charge < -0.3 is 0 Å². The smallest absolute Gasteiger partial charge is 0.284 e. The van der Waals surface area contributed by atoms with Crippen molar-refractivity contribution in [3.05, 3.63) is 31.6 Å². The van der Waals surface area contributed by atoms with E-state index in [0.29, 0.717) is 9.26 Å². The standard InChI is InChI=1S/C6H6IN2O3/c1-4-5(9(11)12)2-3-8(10)6(4)7/h2-3,10H,1H3/q+1. The van der Waals surface area contributed by atoms with Gasteiger partial charge in [-0.25, -0.2) is 0 Å². The summed E-state index contributed by atoms with van der Waals surface area (Å²) in [5.74, 6) is 0. The van der Waals surface area contributed by atoms with Gasteiger partial charge in [0.2, 0.25) is 6.20 Å². The van der Waals surface area contributed by atoms with Gasteiger partial charge in [-0.3, -0.25) is 15.3 Å². The van der Waals surface area contributed by atoms with Crippen LogP contribution in [0.5, 0.6) is 0 Å². The van der Waals surface area contributed by atoms with Crippen LogP contribution in [0.3, 0.4) is 0 Å². The van der Waals surface area contributed by atoms with Crippen molar-refractivity contribution in [1.29, 1.82) is 0 Å². The molecule has 0 saturated carbocycles. The fourth-order valence-corrected chi connectivity index (χ4v) is 1.24. The maximum Gasteiger partial charge on any atom is 0.301 e. The lowest BCUT2D eigenvalue weighted by molar-refractivity contribution is -0.914. The minimum Gasteiger partial charge on any atom is -0.284 e. The summed E-state index contributed by atoms with van der Waals surface area (Å²) in [4.78, 5) is 9.92. The van der Waals surface area contributed by atoms with Crippen LogP contribution < -0.4 is 4.73 Å². The molecule has 0 atom stereocenters. The van der Waals surface area contributed by atoms with E-state index in [1.807, 2.05) is 22.6 Å². The number of nitrogens with zero attached hydrogens (tertiary/aromatic N) is 2. The number of hydrogen-bond donors (Lipinski definition) is 1. The summed E-state index contributed by atoms with van der Waals surface area (Å²) in [7, 11) is 0. The third kappa shape index (κ3) is 1.47. The second-order valence-electron chi connectivity index (χ2n) is 2.22. The maximum atomic E-state index is 10.4. The van der Waals surface area contributed by atoms with Crippen LogP contribution >= 0.6 is 22.6 Å². The summed E-state index contributed by atoms with van der Waals surface area (Å²) in [6.07, 6.45) is 1.24. The van der Waals surface area contributed by atoms with Gasteiger partial charge in [0.05, 0.1) is 11.0 Å². The molecule has 1 aromatic rings. The Hall–Kier alpha value is -0.920. The van der Waals surface area contributed by atoms with E-state index in [4.69, 9.17) is 5.21 Å². The fourth-order valence-electron chi connectivity index (χ4n) is 0.807. The van der Waals surface area contributed by atoms with Gasteiger partial charge in [-0.2, -0.15) is 0 Å². The Morgan fingerprint density at radius 3 is 2.83 bits per heavy atom. The highest BCUT2D eigenvalue weighted by molar-refractivity contribution is 14.1. The first-order chi connectivity index (χ1) is 5.54. The van der Waals surface area contributed by atoms with E-state index < -0.39 is 4.92 Å². The van der Waals surface area contributed by atoms with Gasteiger partial charge in [-0.15, -0.1) is 0 Å². The van der Waals surface area contributed by atoms with E-state index >= 15 is 0 Å². The van der Waals surface area contributed by atoms with E-state index in [9.17, 15) is 10.1 Å². The number of rotatable bonds is 1. The number of halogens is 1. The van der Waals surface area contributed by atoms with Crippen LogP contribution in [0.15, 0.2) is 12.3 Å². The van der Waals surface area contributed by atoms with Gasteiger partial charge in [0.15, 0.2) is 0 Å². The quantitative estimate of drug-likeness (QED) is 0.209. The van der Waals surface area contributed by atoms with Gasteiger partial charge in [0.1, 0.15) is 5.56 Å². The Labute approximate surface area is 81.9 Å². The summed E-state index contributed by atoms with van der Waals surface area (Å²) in [5.41, 5.74) is 0.482. The normalized spacial score (nSPS) is 9.83. The topological polar surface area (TPSA) is 67.2 Å². The molecule has 1 aromatic heterocycles. The van der Waals surface area contributed by atoms with Gasteiger partial charge in [0.25, 0.3) is 5.69 Å². The third-order valence-electron chi connectivity index (χ3n) is 1.47. The molecule has 12 heavy (non-hydrogen) atoms. The largest absolute Gasteiger partial charge is 0.301 e. The second-order valence-corrected chi connectivity index (χ2v) is 3.24. The molecule has 0 fully saturated rings. The molecule has 0 bridgehead atoms. The average molecular weight is 281 g/mol. The molecule has 1 heterocycles. The van der Waals surface area contributed by atoms with Crippen molar-refractivity contribution in [3.63, 3.8) is 0 Å². The molecule has 5 nitrogen and oxygen atoms in total. The summed E-state index contributed by atoms with van der Waals surface area (Å²) >= 11 is 1.84. The highest BCUT2D eigenvalue weighted by Crippen LogP contribution is 2.18. The Bertz CT molecular complexity index is 340. The molecule has 64 valence electrons. The van der Waals surface area contributed by atoms with Crippen LogP contribution in [0.4, 0.5) is 5.69 Å². The number of pyridine rings is 1. The first kappa shape index (κ1) is 9.17. The average Bonchev–Trinajstić information content (AvgIpc) is 2.00. The van der Waals surface area contributed by atoms with E-state index in [2.05, 4.69) is 0 Å². The van der Waals surface area contributed by atoms with Crippen LogP contribution in [-0.4, -0.2) is 10.1 Å². The van der Waals surface area contributed by atoms with Crippen LogP contribution in [0.1, 0.15) is 5.56 Å². The van der Waals surface area contributed by atoms with Crippen molar-refractivity contribution in [2.75, 3.05) is 0 Å². The van der Waals surface area contributed by atoms with E-state index in [1.54, 1.807) is 6.92 Å². The van der Waals surface area contributed by atoms with Crippen LogP contribution in [0.2, 0.25) is 0 Å². The Kier molecular flexibility index (Phi) is 2.46. The molecule has 6 heteroatoms. The molecule has 1 rings (SSSR count). The summed E-state index contributed by atoms with van der Waals surface area (Å²) < 4.78 is 1.30. The fraction of sp³-hybridized carbons (Fsp3) is 0.167. The molecule has 0 radical (unpaired) electrons. The molecule has 0 aliphatic heterocycles. The predicted octanol–water partition coefficient (Wildman–Crippen LogP) is 1.03. The maximum absolute atomic E-state index is 10.4. The van der Waals surface area contributed by atoms with Crippen molar-refractivity contribution >= 4 is 28.3 Å². The molecule has 0 saturated heterocycles. The molecule has 0 amide bonds. The molecule has 0 aromatic carbocycles. The summed E-state index contributed by atoms with van der Waals surface area (Å²) in [5, 5.41) is 19.5. The zero-order chi connectivity index (χ0) is 9.30. The number of nitro groups is 1. The summed E-state index contributed by atoms with van der Waals surface area (Å²) in [6, 6.07) is 1.26. The Morgan fingerprint density at radius 2 is 2.33 bits per heavy atom. The van der Waals surface area contributed by atoms with Gasteiger partial charge in [0, 0.05) is 27.3 Å². The van der Waals surface area contributed by atoms with Gasteiger partial charge in [-0.1, -0.05) is 0 Å². The lowest BCUT2D eigenvalue weighted by atomic mass is 10.3. The number of aromatic nitrogens is 1. The first-order valence-corrected chi connectivity index (χ1v) is 4.16. The molecule has 0 aliphatic rings. The third-order valence-corrected chi connectivity index (χ3v) is 2.77. The zero-order valence-electron chi connectivity index (χ0n) is 6.19. The Balaban J connectivity index is 3.36. The van der Waals surface area contributed by atoms with Gasteiger partial charge in [-0.05, 0) is 6.92 Å². The highest BCUT2D eigenvalue weighted by atomic mass is 127. The second kappa shape index (κ2) is 3.21. The zero-order valence-corrected chi connectivity index (χ0v) is 8.35. The van der Waals surface area contributed by atoms with Crippen molar-refractivity contribution < 1.29 is 14.9 Å². The lowest BCUT2D eigenvalue weighted by Gasteiger charge is -1.94. The van der Waals surface area contributed by atoms with Crippen molar-refractivity contribution in [3.8, 4) is 0 Å². The monoisotopic (exact) mass is 281 g/mol. The van der Waals surface area contributed by atoms with Crippen LogP contribution in [-0.2, 0) is 0 Å². The Morgan fingerprint density at radius 1 is 1.75 bits per heavy atom. The molecular weight excluding hydrogens is 275 g/mol. The van der Waals surface area contributed by atoms with Crippen molar-refractivity contribution in [2.45, 2.75) is 6.92 Å². The number of hydrogen-bond acceptors (Lipinski definition) is 3. The highest BCUT2D eigenvalue weighted by Gasteiger charge is 2.21. The molecule has 0 spiro atoms. The first-order valence-electron chi connectivity index (χ1n) is 3.08. The van der Waals surface area contributed by atoms with E-state index in [-0.39, 0.29) is 5.69 Å². The molecular formula is C6H6IN2O3+. The SMILES string of the molecule is Cc1c([N+](=O)[O-])cc[n+](O)c1I. The molecule has 1 N–H and O–H groups in total. The van der Waals surface area contributed by atoms with Crippen molar-refractivity contribution in [2.24, 2.45) is 0 Å². The van der Waals surface area contributed by atoms with E-state index in [0.717, 1.165) is 4.73 Å². The van der Waals surface area contributed by atoms with Gasteiger partial charge >= 0.3 is 3.70 Å². The minimum absolute atomic E-state index is 0.0182.